The monoisotopic (exact) mass is 475 g/mol. The van der Waals surface area contributed by atoms with E-state index in [1.165, 1.54) is 4.88 Å². The van der Waals surface area contributed by atoms with E-state index >= 15 is 0 Å². The van der Waals surface area contributed by atoms with Gasteiger partial charge in [-0.15, -0.1) is 11.3 Å². The summed E-state index contributed by atoms with van der Waals surface area (Å²) < 4.78 is 1.87. The van der Waals surface area contributed by atoms with Crippen LogP contribution >= 0.6 is 46.1 Å². The van der Waals surface area contributed by atoms with Gasteiger partial charge in [-0.05, 0) is 49.6 Å². The van der Waals surface area contributed by atoms with Crippen molar-refractivity contribution in [3.05, 3.63) is 74.2 Å². The first-order chi connectivity index (χ1) is 14.3. The van der Waals surface area contributed by atoms with Crippen LogP contribution < -0.4 is 0 Å². The summed E-state index contributed by atoms with van der Waals surface area (Å²) in [6.07, 6.45) is 2.96. The SMILES string of the molecule is Cc1c(-c2ncc(CC(C)C)s2)nn(-c2ccc(Cl)cc2Cl)c1-c1ccc(Cl)cc1. The Morgan fingerprint density at radius 2 is 1.70 bits per heavy atom. The second-order valence-electron chi connectivity index (χ2n) is 7.57. The van der Waals surface area contributed by atoms with Crippen molar-refractivity contribution in [2.24, 2.45) is 5.92 Å². The average molecular weight is 477 g/mol. The zero-order valence-corrected chi connectivity index (χ0v) is 19.9. The number of thiazole rings is 1. The third-order valence-corrected chi connectivity index (χ3v) is 6.56. The van der Waals surface area contributed by atoms with E-state index in [-0.39, 0.29) is 0 Å². The Hall–Kier alpha value is -1.85. The van der Waals surface area contributed by atoms with E-state index < -0.39 is 0 Å². The summed E-state index contributed by atoms with van der Waals surface area (Å²) in [7, 11) is 0. The number of benzene rings is 2. The van der Waals surface area contributed by atoms with Crippen molar-refractivity contribution >= 4 is 46.1 Å². The molecule has 2 aromatic heterocycles. The number of nitrogens with zero attached hydrogens (tertiary/aromatic N) is 3. The van der Waals surface area contributed by atoms with Crippen LogP contribution in [-0.2, 0) is 6.42 Å². The zero-order chi connectivity index (χ0) is 21.4. The van der Waals surface area contributed by atoms with E-state index in [1.807, 2.05) is 47.3 Å². The summed E-state index contributed by atoms with van der Waals surface area (Å²) in [6.45, 7) is 6.48. The van der Waals surface area contributed by atoms with Crippen LogP contribution in [0.1, 0.15) is 24.3 Å². The lowest BCUT2D eigenvalue weighted by molar-refractivity contribution is 0.653. The maximum Gasteiger partial charge on any atom is 0.144 e. The molecule has 0 bridgehead atoms. The first-order valence-corrected chi connectivity index (χ1v) is 11.5. The normalized spacial score (nSPS) is 11.4. The van der Waals surface area contributed by atoms with Gasteiger partial charge in [0, 0.05) is 32.2 Å². The second kappa shape index (κ2) is 8.72. The first kappa shape index (κ1) is 21.4. The molecule has 0 aliphatic carbocycles. The fourth-order valence-corrected chi connectivity index (χ4v) is 5.17. The molecule has 0 aliphatic rings. The van der Waals surface area contributed by atoms with E-state index in [0.29, 0.717) is 21.0 Å². The van der Waals surface area contributed by atoms with Crippen molar-refractivity contribution in [1.29, 1.82) is 0 Å². The Morgan fingerprint density at radius 3 is 2.37 bits per heavy atom. The van der Waals surface area contributed by atoms with Gasteiger partial charge in [0.25, 0.3) is 0 Å². The van der Waals surface area contributed by atoms with Gasteiger partial charge in [-0.3, -0.25) is 0 Å². The Balaban J connectivity index is 1.91. The molecule has 4 rings (SSSR count). The average Bonchev–Trinajstić information content (AvgIpc) is 3.26. The predicted molar refractivity (Wildman–Crippen MR) is 128 cm³/mol. The summed E-state index contributed by atoms with van der Waals surface area (Å²) in [5.74, 6) is 0.578. The molecule has 7 heteroatoms. The number of rotatable bonds is 5. The van der Waals surface area contributed by atoms with Gasteiger partial charge >= 0.3 is 0 Å². The van der Waals surface area contributed by atoms with Crippen molar-refractivity contribution in [1.82, 2.24) is 14.8 Å². The van der Waals surface area contributed by atoms with Crippen LogP contribution in [-0.4, -0.2) is 14.8 Å². The van der Waals surface area contributed by atoms with Crippen LogP contribution in [0.5, 0.6) is 0 Å². The first-order valence-electron chi connectivity index (χ1n) is 9.59. The van der Waals surface area contributed by atoms with E-state index in [4.69, 9.17) is 39.9 Å². The minimum atomic E-state index is 0.534. The van der Waals surface area contributed by atoms with Gasteiger partial charge in [0.2, 0.25) is 0 Å². The Labute approximate surface area is 195 Å². The largest absolute Gasteiger partial charge is 0.242 e. The minimum Gasteiger partial charge on any atom is -0.242 e. The lowest BCUT2D eigenvalue weighted by atomic mass is 10.1. The molecule has 154 valence electrons. The summed E-state index contributed by atoms with van der Waals surface area (Å²) in [4.78, 5) is 5.92. The van der Waals surface area contributed by atoms with Crippen LogP contribution in [0.4, 0.5) is 0 Å². The highest BCUT2D eigenvalue weighted by molar-refractivity contribution is 7.15. The van der Waals surface area contributed by atoms with Crippen molar-refractivity contribution in [3.8, 4) is 27.6 Å². The standard InChI is InChI=1S/C23H20Cl3N3S/c1-13(2)10-18-12-27-23(30-18)21-14(3)22(15-4-6-16(24)7-5-15)29(28-21)20-9-8-17(25)11-19(20)26/h4-9,11-13H,10H2,1-3H3. The van der Waals surface area contributed by atoms with Gasteiger partial charge in [0.1, 0.15) is 10.7 Å². The van der Waals surface area contributed by atoms with Crippen LogP contribution in [0.2, 0.25) is 15.1 Å². The number of halogens is 3. The van der Waals surface area contributed by atoms with Crippen LogP contribution in [0, 0.1) is 12.8 Å². The predicted octanol–water partition coefficient (Wildman–Crippen LogP) is 8.13. The molecule has 0 saturated heterocycles. The Kier molecular flexibility index (Phi) is 6.21. The maximum absolute atomic E-state index is 6.54. The molecule has 3 nitrogen and oxygen atoms in total. The number of aromatic nitrogens is 3. The molecule has 0 fully saturated rings. The van der Waals surface area contributed by atoms with Gasteiger partial charge in [-0.25, -0.2) is 9.67 Å². The molecule has 0 atom stereocenters. The lowest BCUT2D eigenvalue weighted by Crippen LogP contribution is -2.00. The fraction of sp³-hybridized carbons (Fsp3) is 0.217. The van der Waals surface area contributed by atoms with Crippen molar-refractivity contribution in [3.63, 3.8) is 0 Å². The van der Waals surface area contributed by atoms with Crippen molar-refractivity contribution in [2.45, 2.75) is 27.2 Å². The summed E-state index contributed by atoms with van der Waals surface area (Å²) in [5, 5.41) is 7.64. The van der Waals surface area contributed by atoms with Gasteiger partial charge < -0.3 is 0 Å². The molecule has 0 radical (unpaired) electrons. The Bertz CT molecular complexity index is 1190. The minimum absolute atomic E-state index is 0.534. The molecular weight excluding hydrogens is 457 g/mol. The topological polar surface area (TPSA) is 30.7 Å². The molecule has 4 aromatic rings. The van der Waals surface area contributed by atoms with Crippen molar-refractivity contribution < 1.29 is 0 Å². The zero-order valence-electron chi connectivity index (χ0n) is 16.8. The summed E-state index contributed by atoms with van der Waals surface area (Å²) >= 11 is 20.5. The molecule has 2 heterocycles. The van der Waals surface area contributed by atoms with E-state index in [2.05, 4.69) is 25.8 Å². The highest BCUT2D eigenvalue weighted by Crippen LogP contribution is 2.37. The second-order valence-corrected chi connectivity index (χ2v) is 9.96. The fourth-order valence-electron chi connectivity index (χ4n) is 3.39. The quantitative estimate of drug-likeness (QED) is 0.291. The van der Waals surface area contributed by atoms with Crippen molar-refractivity contribution in [2.75, 3.05) is 0 Å². The van der Waals surface area contributed by atoms with E-state index in [0.717, 1.165) is 39.6 Å². The molecule has 0 saturated carbocycles. The van der Waals surface area contributed by atoms with Gasteiger partial charge in [0.15, 0.2) is 0 Å². The third kappa shape index (κ3) is 4.28. The highest BCUT2D eigenvalue weighted by Gasteiger charge is 2.22. The maximum atomic E-state index is 6.54. The number of hydrogen-bond donors (Lipinski definition) is 0. The van der Waals surface area contributed by atoms with Gasteiger partial charge in [-0.1, -0.05) is 60.8 Å². The molecule has 2 aromatic carbocycles. The van der Waals surface area contributed by atoms with Crippen LogP contribution in [0.25, 0.3) is 27.6 Å². The van der Waals surface area contributed by atoms with Crippen LogP contribution in [0.3, 0.4) is 0 Å². The van der Waals surface area contributed by atoms with Gasteiger partial charge in [0.05, 0.1) is 16.4 Å². The highest BCUT2D eigenvalue weighted by atomic mass is 35.5. The summed E-state index contributed by atoms with van der Waals surface area (Å²) in [6, 6.07) is 13.2. The van der Waals surface area contributed by atoms with E-state index in [1.54, 1.807) is 17.4 Å². The molecule has 0 spiro atoms. The molecule has 0 unspecified atom stereocenters. The summed E-state index contributed by atoms with van der Waals surface area (Å²) in [5.41, 5.74) is 4.60. The molecule has 0 aliphatic heterocycles. The smallest absolute Gasteiger partial charge is 0.144 e. The molecular formula is C23H20Cl3N3S. The van der Waals surface area contributed by atoms with Gasteiger partial charge in [-0.2, -0.15) is 5.10 Å². The Morgan fingerprint density at radius 1 is 1.00 bits per heavy atom. The lowest BCUT2D eigenvalue weighted by Gasteiger charge is -2.11. The van der Waals surface area contributed by atoms with E-state index in [9.17, 15) is 0 Å². The third-order valence-electron chi connectivity index (χ3n) is 4.74. The molecule has 0 amide bonds. The molecule has 0 N–H and O–H groups in total. The molecule has 30 heavy (non-hydrogen) atoms. The number of hydrogen-bond acceptors (Lipinski definition) is 3. The van der Waals surface area contributed by atoms with Crippen LogP contribution in [0.15, 0.2) is 48.7 Å².